The van der Waals surface area contributed by atoms with Gasteiger partial charge in [-0.3, -0.25) is 4.79 Å². The van der Waals surface area contributed by atoms with Crippen molar-refractivity contribution in [3.8, 4) is 0 Å². The second kappa shape index (κ2) is 5.51. The van der Waals surface area contributed by atoms with Crippen molar-refractivity contribution in [3.63, 3.8) is 0 Å². The van der Waals surface area contributed by atoms with Crippen LogP contribution in [0.1, 0.15) is 23.7 Å². The summed E-state index contributed by atoms with van der Waals surface area (Å²) < 4.78 is 0. The van der Waals surface area contributed by atoms with Gasteiger partial charge in [0.25, 0.3) is 5.91 Å². The van der Waals surface area contributed by atoms with Gasteiger partial charge in [-0.15, -0.1) is 0 Å². The Morgan fingerprint density at radius 1 is 1.71 bits per heavy atom. The first-order valence-electron chi connectivity index (χ1n) is 4.53. The maximum absolute atomic E-state index is 11.7. The van der Waals surface area contributed by atoms with E-state index in [1.54, 1.807) is 16.2 Å². The van der Waals surface area contributed by atoms with Crippen LogP contribution >= 0.6 is 27.3 Å². The molecule has 0 aromatic carbocycles. The van der Waals surface area contributed by atoms with E-state index in [0.717, 1.165) is 18.5 Å². The second-order valence-corrected chi connectivity index (χ2v) is 5.65. The molecule has 1 heterocycles. The summed E-state index contributed by atoms with van der Waals surface area (Å²) in [5, 5.41) is 3.81. The molecule has 0 bridgehead atoms. The summed E-state index contributed by atoms with van der Waals surface area (Å²) >= 11 is 5.02. The number of hydrogen-bond acceptors (Lipinski definition) is 2. The third-order valence-corrected chi connectivity index (χ3v) is 3.12. The number of rotatable bonds is 4. The van der Waals surface area contributed by atoms with Gasteiger partial charge in [0.2, 0.25) is 0 Å². The van der Waals surface area contributed by atoms with Crippen molar-refractivity contribution in [2.75, 3.05) is 13.6 Å². The van der Waals surface area contributed by atoms with Crippen molar-refractivity contribution in [3.05, 3.63) is 22.4 Å². The molecule has 4 heteroatoms. The summed E-state index contributed by atoms with van der Waals surface area (Å²) in [7, 11) is 1.84. The van der Waals surface area contributed by atoms with Gasteiger partial charge in [-0.2, -0.15) is 11.3 Å². The summed E-state index contributed by atoms with van der Waals surface area (Å²) in [5.74, 6) is 0.111. The first kappa shape index (κ1) is 11.7. The van der Waals surface area contributed by atoms with Crippen LogP contribution in [-0.2, 0) is 0 Å². The summed E-state index contributed by atoms with van der Waals surface area (Å²) in [6.07, 6.45) is 0.979. The van der Waals surface area contributed by atoms with Crippen molar-refractivity contribution >= 4 is 33.2 Å². The number of carbonyl (C=O) groups excluding carboxylic acids is 1. The molecular weight excluding hydrogens is 262 g/mol. The number of nitrogens with zero attached hydrogens (tertiary/aromatic N) is 1. The fourth-order valence-corrected chi connectivity index (χ4v) is 1.91. The molecule has 1 amide bonds. The van der Waals surface area contributed by atoms with Crippen LogP contribution in [0.3, 0.4) is 0 Å². The highest BCUT2D eigenvalue weighted by atomic mass is 79.9. The minimum atomic E-state index is 0.111. The van der Waals surface area contributed by atoms with Gasteiger partial charge in [-0.1, -0.05) is 22.9 Å². The Morgan fingerprint density at radius 3 is 2.93 bits per heavy atom. The summed E-state index contributed by atoms with van der Waals surface area (Å²) in [4.78, 5) is 14.0. The van der Waals surface area contributed by atoms with Crippen LogP contribution in [0.25, 0.3) is 0 Å². The number of amides is 1. The monoisotopic (exact) mass is 275 g/mol. The smallest absolute Gasteiger partial charge is 0.254 e. The lowest BCUT2D eigenvalue weighted by Gasteiger charge is -2.16. The fraction of sp³-hybridized carbons (Fsp3) is 0.500. The molecule has 1 atom stereocenters. The second-order valence-electron chi connectivity index (χ2n) is 3.31. The van der Waals surface area contributed by atoms with Crippen LogP contribution in [0.5, 0.6) is 0 Å². The molecule has 2 nitrogen and oxygen atoms in total. The van der Waals surface area contributed by atoms with Crippen LogP contribution in [-0.4, -0.2) is 29.2 Å². The zero-order valence-corrected chi connectivity index (χ0v) is 10.8. The van der Waals surface area contributed by atoms with E-state index in [-0.39, 0.29) is 5.91 Å². The minimum absolute atomic E-state index is 0.111. The Labute approximate surface area is 97.1 Å². The van der Waals surface area contributed by atoms with Crippen LogP contribution in [0.2, 0.25) is 0 Å². The van der Waals surface area contributed by atoms with Gasteiger partial charge in [-0.25, -0.2) is 0 Å². The zero-order valence-electron chi connectivity index (χ0n) is 8.37. The van der Waals surface area contributed by atoms with Gasteiger partial charge in [0.05, 0.1) is 5.56 Å². The van der Waals surface area contributed by atoms with Crippen molar-refractivity contribution in [1.82, 2.24) is 4.90 Å². The van der Waals surface area contributed by atoms with Gasteiger partial charge in [0.1, 0.15) is 0 Å². The van der Waals surface area contributed by atoms with Crippen LogP contribution in [0.4, 0.5) is 0 Å². The van der Waals surface area contributed by atoms with Gasteiger partial charge in [-0.05, 0) is 17.9 Å². The van der Waals surface area contributed by atoms with E-state index in [2.05, 4.69) is 22.9 Å². The summed E-state index contributed by atoms with van der Waals surface area (Å²) in [5.41, 5.74) is 0.791. The molecule has 78 valence electrons. The molecule has 0 spiro atoms. The van der Waals surface area contributed by atoms with Crippen LogP contribution in [0, 0.1) is 0 Å². The van der Waals surface area contributed by atoms with Gasteiger partial charge in [0.15, 0.2) is 0 Å². The predicted octanol–water partition coefficient (Wildman–Crippen LogP) is 2.99. The van der Waals surface area contributed by atoms with Crippen molar-refractivity contribution in [1.29, 1.82) is 0 Å². The quantitative estimate of drug-likeness (QED) is 0.774. The molecule has 0 N–H and O–H groups in total. The standard InChI is InChI=1S/C10H14BrNOS/c1-8(11)3-5-12(2)10(13)9-4-6-14-7-9/h4,6-8H,3,5H2,1-2H3. The zero-order chi connectivity index (χ0) is 10.6. The molecule has 1 rings (SSSR count). The average Bonchev–Trinajstić information content (AvgIpc) is 2.65. The van der Waals surface area contributed by atoms with Gasteiger partial charge < -0.3 is 4.90 Å². The Bertz CT molecular complexity index is 284. The Kier molecular flexibility index (Phi) is 4.62. The van der Waals surface area contributed by atoms with E-state index in [1.807, 2.05) is 23.9 Å². The van der Waals surface area contributed by atoms with E-state index in [1.165, 1.54) is 0 Å². The minimum Gasteiger partial charge on any atom is -0.342 e. The third kappa shape index (κ3) is 3.42. The number of thiophene rings is 1. The van der Waals surface area contributed by atoms with E-state index in [4.69, 9.17) is 0 Å². The molecule has 0 aliphatic carbocycles. The van der Waals surface area contributed by atoms with E-state index < -0.39 is 0 Å². The van der Waals surface area contributed by atoms with Crippen LogP contribution in [0.15, 0.2) is 16.8 Å². The molecule has 0 aliphatic rings. The molecule has 14 heavy (non-hydrogen) atoms. The molecule has 1 aromatic heterocycles. The van der Waals surface area contributed by atoms with Gasteiger partial charge in [0, 0.05) is 23.8 Å². The highest BCUT2D eigenvalue weighted by Crippen LogP contribution is 2.10. The Balaban J connectivity index is 2.45. The Hall–Kier alpha value is -0.350. The molecule has 0 saturated carbocycles. The van der Waals surface area contributed by atoms with Crippen molar-refractivity contribution in [2.45, 2.75) is 18.2 Å². The third-order valence-electron chi connectivity index (χ3n) is 1.98. The first-order valence-corrected chi connectivity index (χ1v) is 6.39. The predicted molar refractivity (Wildman–Crippen MR) is 64.3 cm³/mol. The van der Waals surface area contributed by atoms with Crippen molar-refractivity contribution < 1.29 is 4.79 Å². The topological polar surface area (TPSA) is 20.3 Å². The number of halogens is 1. The highest BCUT2D eigenvalue weighted by molar-refractivity contribution is 9.09. The van der Waals surface area contributed by atoms with E-state index >= 15 is 0 Å². The number of alkyl halides is 1. The Morgan fingerprint density at radius 2 is 2.43 bits per heavy atom. The molecule has 0 fully saturated rings. The lowest BCUT2D eigenvalue weighted by Crippen LogP contribution is -2.28. The molecule has 1 unspecified atom stereocenters. The number of hydrogen-bond donors (Lipinski definition) is 0. The first-order chi connectivity index (χ1) is 6.61. The van der Waals surface area contributed by atoms with Gasteiger partial charge >= 0.3 is 0 Å². The number of carbonyl (C=O) groups is 1. The summed E-state index contributed by atoms with van der Waals surface area (Å²) in [6, 6.07) is 1.86. The fourth-order valence-electron chi connectivity index (χ4n) is 1.08. The normalized spacial score (nSPS) is 12.5. The molecule has 1 aromatic rings. The lowest BCUT2D eigenvalue weighted by molar-refractivity contribution is 0.0794. The molecular formula is C10H14BrNOS. The molecule has 0 aliphatic heterocycles. The maximum atomic E-state index is 11.7. The highest BCUT2D eigenvalue weighted by Gasteiger charge is 2.11. The largest absolute Gasteiger partial charge is 0.342 e. The molecule has 0 saturated heterocycles. The average molecular weight is 276 g/mol. The summed E-state index contributed by atoms with van der Waals surface area (Å²) in [6.45, 7) is 2.88. The molecule has 0 radical (unpaired) electrons. The van der Waals surface area contributed by atoms with Crippen molar-refractivity contribution in [2.24, 2.45) is 0 Å². The van der Waals surface area contributed by atoms with Crippen LogP contribution < -0.4 is 0 Å². The van der Waals surface area contributed by atoms with E-state index in [9.17, 15) is 4.79 Å². The maximum Gasteiger partial charge on any atom is 0.254 e. The lowest BCUT2D eigenvalue weighted by atomic mass is 10.2. The van der Waals surface area contributed by atoms with E-state index in [0.29, 0.717) is 4.83 Å². The SMILES string of the molecule is CC(Br)CCN(C)C(=O)c1ccsc1.